The highest BCUT2D eigenvalue weighted by atomic mass is 16.1. The van der Waals surface area contributed by atoms with Crippen LogP contribution in [0.2, 0.25) is 0 Å². The second-order valence-electron chi connectivity index (χ2n) is 6.98. The van der Waals surface area contributed by atoms with Gasteiger partial charge < -0.3 is 10.2 Å². The fourth-order valence-corrected chi connectivity index (χ4v) is 3.43. The van der Waals surface area contributed by atoms with Crippen LogP contribution in [0, 0.1) is 18.3 Å². The molecule has 1 fully saturated rings. The van der Waals surface area contributed by atoms with Gasteiger partial charge in [0.2, 0.25) is 5.91 Å². The number of nitrogens with zero attached hydrogens (tertiary/aromatic N) is 3. The van der Waals surface area contributed by atoms with Gasteiger partial charge in [0, 0.05) is 51.0 Å². The Balaban J connectivity index is 1.38. The molecule has 1 atom stereocenters. The summed E-state index contributed by atoms with van der Waals surface area (Å²) >= 11 is 0. The van der Waals surface area contributed by atoms with Gasteiger partial charge in [0.15, 0.2) is 5.66 Å². The molecule has 1 aromatic carbocycles. The highest BCUT2D eigenvalue weighted by Gasteiger charge is 2.39. The Bertz CT molecular complexity index is 643. The summed E-state index contributed by atoms with van der Waals surface area (Å²) < 4.78 is 0. The third kappa shape index (κ3) is 5.06. The molecule has 132 valence electrons. The topological polar surface area (TPSA) is 57.1 Å². The maximum Gasteiger partial charge on any atom is 0.220 e. The van der Waals surface area contributed by atoms with Crippen molar-refractivity contribution in [2.45, 2.75) is 44.2 Å². The summed E-state index contributed by atoms with van der Waals surface area (Å²) in [5, 5.41) is 11.3. The van der Waals surface area contributed by atoms with E-state index in [1.807, 2.05) is 6.07 Å². The first-order chi connectivity index (χ1) is 12.2. The maximum absolute atomic E-state index is 12.1. The molecule has 2 aliphatic rings. The Morgan fingerprint density at radius 3 is 2.84 bits per heavy atom. The van der Waals surface area contributed by atoms with E-state index in [1.165, 1.54) is 18.5 Å². The number of carbonyl (C=O) groups is 1. The van der Waals surface area contributed by atoms with E-state index in [0.717, 1.165) is 26.1 Å². The van der Waals surface area contributed by atoms with E-state index < -0.39 is 0 Å². The Morgan fingerprint density at radius 1 is 1.32 bits per heavy atom. The number of piperidine rings is 1. The highest BCUT2D eigenvalue weighted by molar-refractivity contribution is 5.76. The van der Waals surface area contributed by atoms with Crippen molar-refractivity contribution in [1.29, 1.82) is 0 Å². The summed E-state index contributed by atoms with van der Waals surface area (Å²) in [6.07, 6.45) is 10.2. The number of hydrogen-bond donors (Lipinski definition) is 1. The number of amides is 1. The van der Waals surface area contributed by atoms with Crippen LogP contribution in [0.4, 0.5) is 5.69 Å². The predicted octanol–water partition coefficient (Wildman–Crippen LogP) is 3.37. The van der Waals surface area contributed by atoms with E-state index in [1.54, 1.807) is 0 Å². The van der Waals surface area contributed by atoms with Gasteiger partial charge in [0.1, 0.15) is 0 Å². The zero-order valence-corrected chi connectivity index (χ0v) is 14.7. The summed E-state index contributed by atoms with van der Waals surface area (Å²) in [5.74, 6) is 3.21. The summed E-state index contributed by atoms with van der Waals surface area (Å²) in [7, 11) is 0. The number of anilines is 1. The van der Waals surface area contributed by atoms with Crippen LogP contribution in [0.15, 0.2) is 40.6 Å². The Kier molecular flexibility index (Phi) is 5.70. The molecule has 5 heteroatoms. The van der Waals surface area contributed by atoms with Crippen LogP contribution >= 0.6 is 0 Å². The largest absolute Gasteiger partial charge is 0.371 e. The van der Waals surface area contributed by atoms with Gasteiger partial charge in [-0.2, -0.15) is 10.2 Å². The molecule has 25 heavy (non-hydrogen) atoms. The van der Waals surface area contributed by atoms with Crippen molar-refractivity contribution in [3.05, 3.63) is 30.3 Å². The molecule has 1 unspecified atom stereocenters. The standard InChI is InChI=1S/C20H26N4O/c1-2-3-12-20(22-23-20)13-11-19(25)21-15-17-8-7-14-24(16-17)18-9-5-4-6-10-18/h1,4-6,9-10,17H,3,7-8,11-16H2,(H,21,25). The lowest BCUT2D eigenvalue weighted by Gasteiger charge is -2.34. The Morgan fingerprint density at radius 2 is 2.12 bits per heavy atom. The minimum Gasteiger partial charge on any atom is -0.371 e. The van der Waals surface area contributed by atoms with Crippen LogP contribution < -0.4 is 10.2 Å². The molecule has 0 radical (unpaired) electrons. The number of benzene rings is 1. The lowest BCUT2D eigenvalue weighted by Crippen LogP contribution is -2.41. The lowest BCUT2D eigenvalue weighted by atomic mass is 9.97. The molecule has 1 aromatic rings. The van der Waals surface area contributed by atoms with E-state index in [-0.39, 0.29) is 11.6 Å². The average molecular weight is 338 g/mol. The molecule has 0 saturated carbocycles. The Hall–Kier alpha value is -2.35. The summed E-state index contributed by atoms with van der Waals surface area (Å²) in [6, 6.07) is 10.5. The monoisotopic (exact) mass is 338 g/mol. The number of carbonyl (C=O) groups excluding carboxylic acids is 1. The number of para-hydroxylation sites is 1. The fourth-order valence-electron chi connectivity index (χ4n) is 3.43. The van der Waals surface area contributed by atoms with Crippen molar-refractivity contribution in [3.63, 3.8) is 0 Å². The number of nitrogens with one attached hydrogen (secondary N) is 1. The third-order valence-electron chi connectivity index (χ3n) is 5.03. The van der Waals surface area contributed by atoms with Gasteiger partial charge in [0.05, 0.1) is 0 Å². The minimum atomic E-state index is -0.362. The van der Waals surface area contributed by atoms with E-state index in [9.17, 15) is 4.79 Å². The minimum absolute atomic E-state index is 0.0919. The van der Waals surface area contributed by atoms with Crippen LogP contribution in [-0.4, -0.2) is 31.2 Å². The fraction of sp³-hybridized carbons (Fsp3) is 0.550. The first-order valence-electron chi connectivity index (χ1n) is 9.15. The van der Waals surface area contributed by atoms with Crippen molar-refractivity contribution in [1.82, 2.24) is 5.32 Å². The molecular weight excluding hydrogens is 312 g/mol. The third-order valence-corrected chi connectivity index (χ3v) is 5.03. The normalized spacial score (nSPS) is 20.8. The molecule has 0 aromatic heterocycles. The molecular formula is C20H26N4O. The van der Waals surface area contributed by atoms with Crippen molar-refractivity contribution in [2.24, 2.45) is 16.1 Å². The first kappa shape index (κ1) is 17.5. The number of rotatable bonds is 8. The zero-order valence-electron chi connectivity index (χ0n) is 14.7. The van der Waals surface area contributed by atoms with Gasteiger partial charge in [-0.15, -0.1) is 12.3 Å². The SMILES string of the molecule is C#CCCC1(CCC(=O)NCC2CCCN(c3ccccc3)C2)N=N1. The van der Waals surface area contributed by atoms with Crippen molar-refractivity contribution in [3.8, 4) is 12.3 Å². The van der Waals surface area contributed by atoms with Crippen LogP contribution in [0.3, 0.4) is 0 Å². The van der Waals surface area contributed by atoms with E-state index in [0.29, 0.717) is 25.2 Å². The van der Waals surface area contributed by atoms with Crippen LogP contribution in [-0.2, 0) is 4.79 Å². The van der Waals surface area contributed by atoms with Gasteiger partial charge in [-0.05, 0) is 30.9 Å². The zero-order chi connectivity index (χ0) is 17.5. The first-order valence-corrected chi connectivity index (χ1v) is 9.15. The average Bonchev–Trinajstić information content (AvgIpc) is 3.44. The molecule has 1 saturated heterocycles. The van der Waals surface area contributed by atoms with Gasteiger partial charge in [-0.25, -0.2) is 0 Å². The maximum atomic E-state index is 12.1. The van der Waals surface area contributed by atoms with E-state index in [2.05, 4.69) is 50.6 Å². The quantitative estimate of drug-likeness (QED) is 0.739. The van der Waals surface area contributed by atoms with Crippen molar-refractivity contribution < 1.29 is 4.79 Å². The summed E-state index contributed by atoms with van der Waals surface area (Å²) in [4.78, 5) is 14.6. The second-order valence-corrected chi connectivity index (χ2v) is 6.98. The van der Waals surface area contributed by atoms with E-state index in [4.69, 9.17) is 6.42 Å². The van der Waals surface area contributed by atoms with Gasteiger partial charge in [-0.1, -0.05) is 18.2 Å². The predicted molar refractivity (Wildman–Crippen MR) is 99.3 cm³/mol. The van der Waals surface area contributed by atoms with Crippen LogP contribution in [0.25, 0.3) is 0 Å². The highest BCUT2D eigenvalue weighted by Crippen LogP contribution is 2.37. The molecule has 3 rings (SSSR count). The van der Waals surface area contributed by atoms with Crippen molar-refractivity contribution >= 4 is 11.6 Å². The molecule has 2 aliphatic heterocycles. The molecule has 2 heterocycles. The van der Waals surface area contributed by atoms with Crippen LogP contribution in [0.5, 0.6) is 0 Å². The molecule has 5 nitrogen and oxygen atoms in total. The molecule has 0 aliphatic carbocycles. The molecule has 1 amide bonds. The van der Waals surface area contributed by atoms with E-state index >= 15 is 0 Å². The van der Waals surface area contributed by atoms with Gasteiger partial charge in [0.25, 0.3) is 0 Å². The molecule has 0 bridgehead atoms. The number of terminal acetylenes is 1. The molecule has 1 N–H and O–H groups in total. The Labute approximate surface area is 149 Å². The van der Waals surface area contributed by atoms with Gasteiger partial charge in [-0.3, -0.25) is 4.79 Å². The number of hydrogen-bond acceptors (Lipinski definition) is 4. The van der Waals surface area contributed by atoms with Gasteiger partial charge >= 0.3 is 0 Å². The smallest absolute Gasteiger partial charge is 0.220 e. The summed E-state index contributed by atoms with van der Waals surface area (Å²) in [6.45, 7) is 2.84. The summed E-state index contributed by atoms with van der Waals surface area (Å²) in [5.41, 5.74) is 0.907. The lowest BCUT2D eigenvalue weighted by molar-refractivity contribution is -0.121. The van der Waals surface area contributed by atoms with Crippen molar-refractivity contribution in [2.75, 3.05) is 24.5 Å². The molecule has 0 spiro atoms. The van der Waals surface area contributed by atoms with Crippen LogP contribution in [0.1, 0.15) is 38.5 Å². The second kappa shape index (κ2) is 8.15.